The number of carbonyl (C=O) groups is 2. The molecule has 0 saturated heterocycles. The molecule has 3 aromatic rings. The van der Waals surface area contributed by atoms with Gasteiger partial charge in [0.25, 0.3) is 5.91 Å². The lowest BCUT2D eigenvalue weighted by Crippen LogP contribution is -2.42. The van der Waals surface area contributed by atoms with E-state index < -0.39 is 53.1 Å². The average molecular weight is 609 g/mol. The van der Waals surface area contributed by atoms with Crippen molar-refractivity contribution in [3.8, 4) is 11.8 Å². The lowest BCUT2D eigenvalue weighted by molar-refractivity contribution is -0.137. The van der Waals surface area contributed by atoms with Gasteiger partial charge in [0, 0.05) is 12.1 Å². The lowest BCUT2D eigenvalue weighted by Gasteiger charge is -2.29. The van der Waals surface area contributed by atoms with Gasteiger partial charge in [0.05, 0.1) is 43.1 Å². The van der Waals surface area contributed by atoms with E-state index in [1.807, 2.05) is 0 Å². The molecule has 43 heavy (non-hydrogen) atoms. The van der Waals surface area contributed by atoms with E-state index in [1.165, 1.54) is 38.5 Å². The molecular weight excluding hydrogens is 576 g/mol. The third-order valence-electron chi connectivity index (χ3n) is 5.83. The number of alkyl halides is 3. The molecule has 0 bridgehead atoms. The largest absolute Gasteiger partial charge is 0.481 e. The molecule has 0 saturated carbocycles. The molecule has 11 nitrogen and oxygen atoms in total. The number of hydrogen-bond acceptors (Lipinski definition) is 9. The molecule has 5 N–H and O–H groups in total. The monoisotopic (exact) mass is 608 g/mol. The molecule has 2 amide bonds. The third-order valence-corrected chi connectivity index (χ3v) is 5.83. The quantitative estimate of drug-likeness (QED) is 0.217. The van der Waals surface area contributed by atoms with Gasteiger partial charge in [0.2, 0.25) is 11.8 Å². The number of primary amides is 1. The van der Waals surface area contributed by atoms with Crippen LogP contribution in [0.25, 0.3) is 0 Å². The maximum absolute atomic E-state index is 15.3. The molecule has 0 radical (unpaired) electrons. The van der Waals surface area contributed by atoms with Crippen LogP contribution in [-0.4, -0.2) is 47.8 Å². The topological polar surface area (TPSA) is 150 Å². The minimum Gasteiger partial charge on any atom is -0.481 e. The standard InChI is InChI=1S/C28H32F4N6O5/c1-14(34-26(40)43-27(2,3)4)22(15-7-9-16(10-8-15)28(30,31)32)37-25-19(29)13-18(23(33)39)24(38-25)35-17-11-20(41-5)36-21(12-17)42-6/h7-14,22H,1-6H3,(H2,33,39)(H,34,40)(H2,35,36,37,38)/t14-,22-/m0/s1. The number of amides is 2. The Morgan fingerprint density at radius 3 is 2.00 bits per heavy atom. The molecule has 0 unspecified atom stereocenters. The first kappa shape index (κ1) is 32.7. The summed E-state index contributed by atoms with van der Waals surface area (Å²) in [5, 5.41) is 8.31. The zero-order valence-electron chi connectivity index (χ0n) is 24.2. The van der Waals surface area contributed by atoms with E-state index in [0.29, 0.717) is 5.69 Å². The number of benzene rings is 1. The van der Waals surface area contributed by atoms with Crippen molar-refractivity contribution >= 4 is 29.3 Å². The highest BCUT2D eigenvalue weighted by atomic mass is 19.4. The predicted octanol–water partition coefficient (Wildman–Crippen LogP) is 5.56. The van der Waals surface area contributed by atoms with E-state index in [0.717, 1.165) is 18.2 Å². The summed E-state index contributed by atoms with van der Waals surface area (Å²) < 4.78 is 70.6. The molecule has 3 rings (SSSR count). The van der Waals surface area contributed by atoms with Crippen LogP contribution in [0, 0.1) is 5.82 Å². The Kier molecular flexibility index (Phi) is 9.89. The van der Waals surface area contributed by atoms with Crippen LogP contribution in [0.3, 0.4) is 0 Å². The molecule has 15 heteroatoms. The van der Waals surface area contributed by atoms with Gasteiger partial charge in [-0.25, -0.2) is 14.2 Å². The smallest absolute Gasteiger partial charge is 0.416 e. The normalized spacial score (nSPS) is 13.0. The van der Waals surface area contributed by atoms with Crippen LogP contribution >= 0.6 is 0 Å². The Hall–Kier alpha value is -4.82. The summed E-state index contributed by atoms with van der Waals surface area (Å²) in [6.45, 7) is 6.52. The van der Waals surface area contributed by atoms with Crippen molar-refractivity contribution in [2.24, 2.45) is 5.73 Å². The second kappa shape index (κ2) is 13.0. The zero-order chi connectivity index (χ0) is 32.1. The molecule has 0 aliphatic rings. The first-order valence-electron chi connectivity index (χ1n) is 12.8. The van der Waals surface area contributed by atoms with Crippen LogP contribution in [0.5, 0.6) is 11.8 Å². The van der Waals surface area contributed by atoms with E-state index in [1.54, 1.807) is 27.7 Å². The summed E-state index contributed by atoms with van der Waals surface area (Å²) in [5.41, 5.74) is 4.00. The van der Waals surface area contributed by atoms with Crippen LogP contribution in [-0.2, 0) is 10.9 Å². The van der Waals surface area contributed by atoms with E-state index in [9.17, 15) is 22.8 Å². The average Bonchev–Trinajstić information content (AvgIpc) is 2.91. The maximum Gasteiger partial charge on any atom is 0.416 e. The van der Waals surface area contributed by atoms with E-state index in [-0.39, 0.29) is 28.7 Å². The summed E-state index contributed by atoms with van der Waals surface area (Å²) in [7, 11) is 2.76. The van der Waals surface area contributed by atoms with Crippen molar-refractivity contribution in [2.75, 3.05) is 24.9 Å². The van der Waals surface area contributed by atoms with Crippen molar-refractivity contribution in [1.82, 2.24) is 15.3 Å². The molecule has 2 heterocycles. The fourth-order valence-corrected chi connectivity index (χ4v) is 3.87. The number of anilines is 3. The second-order valence-electron chi connectivity index (χ2n) is 10.3. The molecule has 0 aliphatic heterocycles. The fourth-order valence-electron chi connectivity index (χ4n) is 3.87. The number of pyridine rings is 2. The van der Waals surface area contributed by atoms with Gasteiger partial charge >= 0.3 is 12.3 Å². The third kappa shape index (κ3) is 8.83. The number of halogens is 4. The highest BCUT2D eigenvalue weighted by Crippen LogP contribution is 2.33. The van der Waals surface area contributed by atoms with Crippen molar-refractivity contribution in [2.45, 2.75) is 51.6 Å². The van der Waals surface area contributed by atoms with Crippen LogP contribution in [0.1, 0.15) is 55.2 Å². The van der Waals surface area contributed by atoms with Crippen molar-refractivity contribution < 1.29 is 41.4 Å². The first-order chi connectivity index (χ1) is 20.0. The SMILES string of the molecule is COc1cc(Nc2nc(N[C@H](c3ccc(C(F)(F)F)cc3)[C@H](C)NC(=O)OC(C)(C)C)c(F)cc2C(N)=O)cc(OC)n1. The van der Waals surface area contributed by atoms with Gasteiger partial charge in [-0.2, -0.15) is 18.2 Å². The van der Waals surface area contributed by atoms with Gasteiger partial charge in [-0.3, -0.25) is 4.79 Å². The molecule has 2 atom stereocenters. The maximum atomic E-state index is 15.3. The van der Waals surface area contributed by atoms with Gasteiger partial charge in [-0.15, -0.1) is 0 Å². The van der Waals surface area contributed by atoms with E-state index in [2.05, 4.69) is 25.9 Å². The van der Waals surface area contributed by atoms with Crippen molar-refractivity contribution in [3.63, 3.8) is 0 Å². The van der Waals surface area contributed by atoms with Crippen molar-refractivity contribution in [1.29, 1.82) is 0 Å². The summed E-state index contributed by atoms with van der Waals surface area (Å²) in [4.78, 5) is 33.0. The Balaban J connectivity index is 2.05. The second-order valence-corrected chi connectivity index (χ2v) is 10.3. The van der Waals surface area contributed by atoms with Gasteiger partial charge < -0.3 is 35.9 Å². The Bertz CT molecular complexity index is 1440. The first-order valence-corrected chi connectivity index (χ1v) is 12.8. The predicted molar refractivity (Wildman–Crippen MR) is 150 cm³/mol. The molecular formula is C28H32F4N6O5. The molecule has 0 spiro atoms. The number of nitrogens with zero attached hydrogens (tertiary/aromatic N) is 2. The number of hydrogen-bond donors (Lipinski definition) is 4. The zero-order valence-corrected chi connectivity index (χ0v) is 24.2. The van der Waals surface area contributed by atoms with E-state index >= 15 is 4.39 Å². The number of nitrogens with one attached hydrogen (secondary N) is 3. The summed E-state index contributed by atoms with van der Waals surface area (Å²) in [6.07, 6.45) is -5.39. The van der Waals surface area contributed by atoms with Crippen LogP contribution in [0.15, 0.2) is 42.5 Å². The summed E-state index contributed by atoms with van der Waals surface area (Å²) >= 11 is 0. The molecule has 1 aromatic carbocycles. The number of alkyl carbamates (subject to hydrolysis) is 1. The Morgan fingerprint density at radius 1 is 0.930 bits per heavy atom. The number of rotatable bonds is 10. The number of carbonyl (C=O) groups excluding carboxylic acids is 2. The minimum absolute atomic E-state index is 0.160. The van der Waals surface area contributed by atoms with E-state index in [4.69, 9.17) is 19.9 Å². The van der Waals surface area contributed by atoms with Crippen LogP contribution in [0.2, 0.25) is 0 Å². The Morgan fingerprint density at radius 2 is 1.51 bits per heavy atom. The fraction of sp³-hybridized carbons (Fsp3) is 0.357. The Labute approximate surface area is 245 Å². The highest BCUT2D eigenvalue weighted by Gasteiger charge is 2.31. The van der Waals surface area contributed by atoms with Gasteiger partial charge in [-0.05, 0) is 51.5 Å². The number of aromatic nitrogens is 2. The molecule has 0 fully saturated rings. The summed E-state index contributed by atoms with van der Waals surface area (Å²) in [5.74, 6) is -2.23. The number of ether oxygens (including phenoxy) is 3. The number of methoxy groups -OCH3 is 2. The van der Waals surface area contributed by atoms with Gasteiger partial charge in [-0.1, -0.05) is 12.1 Å². The van der Waals surface area contributed by atoms with Crippen LogP contribution in [0.4, 0.5) is 39.7 Å². The van der Waals surface area contributed by atoms with Crippen molar-refractivity contribution in [3.05, 3.63) is 65.0 Å². The molecule has 0 aliphatic carbocycles. The van der Waals surface area contributed by atoms with Crippen LogP contribution < -0.4 is 31.2 Å². The minimum atomic E-state index is -4.58. The molecule has 232 valence electrons. The van der Waals surface area contributed by atoms with Gasteiger partial charge in [0.1, 0.15) is 11.4 Å². The highest BCUT2D eigenvalue weighted by molar-refractivity contribution is 5.98. The number of nitrogens with two attached hydrogens (primary N) is 1. The van der Waals surface area contributed by atoms with Gasteiger partial charge in [0.15, 0.2) is 11.6 Å². The lowest BCUT2D eigenvalue weighted by atomic mass is 9.98. The summed E-state index contributed by atoms with van der Waals surface area (Å²) in [6, 6.07) is 6.00. The molecule has 2 aromatic heterocycles.